The first-order valence-electron chi connectivity index (χ1n) is 7.30. The SMILES string of the molecule is CCCCNC(=O)C(C)NCCCCOCCOC. The molecular weight excluding hydrogens is 244 g/mol. The van der Waals surface area contributed by atoms with Gasteiger partial charge in [0.1, 0.15) is 0 Å². The van der Waals surface area contributed by atoms with Crippen LogP contribution >= 0.6 is 0 Å². The number of ether oxygens (including phenoxy) is 2. The first-order chi connectivity index (χ1) is 9.22. The summed E-state index contributed by atoms with van der Waals surface area (Å²) >= 11 is 0. The second-order valence-corrected chi connectivity index (χ2v) is 4.63. The average Bonchev–Trinajstić information content (AvgIpc) is 2.41. The molecule has 0 aliphatic rings. The molecule has 1 unspecified atom stereocenters. The molecule has 0 aromatic rings. The number of hydrogen-bond acceptors (Lipinski definition) is 4. The highest BCUT2D eigenvalue weighted by molar-refractivity contribution is 5.81. The van der Waals surface area contributed by atoms with E-state index in [1.807, 2.05) is 6.92 Å². The van der Waals surface area contributed by atoms with Crippen molar-refractivity contribution in [1.29, 1.82) is 0 Å². The van der Waals surface area contributed by atoms with Crippen molar-refractivity contribution in [2.24, 2.45) is 0 Å². The molecule has 0 rings (SSSR count). The predicted molar refractivity (Wildman–Crippen MR) is 77.3 cm³/mol. The Labute approximate surface area is 117 Å². The fourth-order valence-corrected chi connectivity index (χ4v) is 1.53. The van der Waals surface area contributed by atoms with Gasteiger partial charge in [-0.25, -0.2) is 0 Å². The van der Waals surface area contributed by atoms with Gasteiger partial charge in [-0.3, -0.25) is 4.79 Å². The summed E-state index contributed by atoms with van der Waals surface area (Å²) in [4.78, 5) is 11.6. The number of methoxy groups -OCH3 is 1. The minimum atomic E-state index is -0.119. The molecule has 1 amide bonds. The summed E-state index contributed by atoms with van der Waals surface area (Å²) < 4.78 is 10.2. The van der Waals surface area contributed by atoms with E-state index in [4.69, 9.17) is 9.47 Å². The van der Waals surface area contributed by atoms with Gasteiger partial charge >= 0.3 is 0 Å². The summed E-state index contributed by atoms with van der Waals surface area (Å²) in [6, 6.07) is -0.119. The van der Waals surface area contributed by atoms with E-state index in [1.54, 1.807) is 7.11 Å². The highest BCUT2D eigenvalue weighted by Crippen LogP contribution is 1.91. The first kappa shape index (κ1) is 18.4. The molecule has 0 saturated heterocycles. The second-order valence-electron chi connectivity index (χ2n) is 4.63. The summed E-state index contributed by atoms with van der Waals surface area (Å²) in [5.41, 5.74) is 0. The normalized spacial score (nSPS) is 12.4. The Balaban J connectivity index is 3.32. The average molecular weight is 274 g/mol. The van der Waals surface area contributed by atoms with Gasteiger partial charge in [0.05, 0.1) is 19.3 Å². The van der Waals surface area contributed by atoms with Gasteiger partial charge in [-0.15, -0.1) is 0 Å². The number of hydrogen-bond donors (Lipinski definition) is 2. The standard InChI is InChI=1S/C14H30N2O3/c1-4-5-8-16-14(17)13(2)15-9-6-7-10-19-12-11-18-3/h13,15H,4-12H2,1-3H3,(H,16,17). The lowest BCUT2D eigenvalue weighted by Crippen LogP contribution is -2.42. The smallest absolute Gasteiger partial charge is 0.236 e. The van der Waals surface area contributed by atoms with Crippen LogP contribution in [0.2, 0.25) is 0 Å². The van der Waals surface area contributed by atoms with Crippen molar-refractivity contribution in [3.63, 3.8) is 0 Å². The van der Waals surface area contributed by atoms with Gasteiger partial charge in [-0.1, -0.05) is 13.3 Å². The monoisotopic (exact) mass is 274 g/mol. The minimum Gasteiger partial charge on any atom is -0.382 e. The number of unbranched alkanes of at least 4 members (excludes halogenated alkanes) is 2. The Morgan fingerprint density at radius 3 is 2.58 bits per heavy atom. The van der Waals surface area contributed by atoms with E-state index in [0.717, 1.165) is 45.4 Å². The van der Waals surface area contributed by atoms with Crippen LogP contribution in [0.1, 0.15) is 39.5 Å². The zero-order chi connectivity index (χ0) is 14.3. The minimum absolute atomic E-state index is 0.0878. The molecule has 5 nitrogen and oxygen atoms in total. The van der Waals surface area contributed by atoms with Crippen molar-refractivity contribution < 1.29 is 14.3 Å². The third-order valence-electron chi connectivity index (χ3n) is 2.82. The van der Waals surface area contributed by atoms with Gasteiger partial charge in [0.15, 0.2) is 0 Å². The zero-order valence-electron chi connectivity index (χ0n) is 12.7. The van der Waals surface area contributed by atoms with Crippen LogP contribution in [-0.4, -0.2) is 52.0 Å². The second kappa shape index (κ2) is 13.8. The molecule has 1 atom stereocenters. The number of carbonyl (C=O) groups is 1. The number of rotatable bonds is 13. The van der Waals surface area contributed by atoms with E-state index >= 15 is 0 Å². The van der Waals surface area contributed by atoms with Gasteiger partial charge in [-0.2, -0.15) is 0 Å². The van der Waals surface area contributed by atoms with Crippen LogP contribution in [0.25, 0.3) is 0 Å². The molecule has 0 aliphatic carbocycles. The molecule has 5 heteroatoms. The van der Waals surface area contributed by atoms with Crippen molar-refractivity contribution >= 4 is 5.91 Å². The third-order valence-corrected chi connectivity index (χ3v) is 2.82. The largest absolute Gasteiger partial charge is 0.382 e. The van der Waals surface area contributed by atoms with Crippen LogP contribution in [0.15, 0.2) is 0 Å². The number of nitrogens with one attached hydrogen (secondary N) is 2. The maximum atomic E-state index is 11.6. The molecule has 114 valence electrons. The van der Waals surface area contributed by atoms with E-state index in [-0.39, 0.29) is 11.9 Å². The molecule has 0 saturated carbocycles. The molecule has 0 spiro atoms. The topological polar surface area (TPSA) is 59.6 Å². The van der Waals surface area contributed by atoms with Crippen LogP contribution < -0.4 is 10.6 Å². The fourth-order valence-electron chi connectivity index (χ4n) is 1.53. The van der Waals surface area contributed by atoms with Crippen molar-refractivity contribution in [3.8, 4) is 0 Å². The van der Waals surface area contributed by atoms with E-state index in [1.165, 1.54) is 0 Å². The van der Waals surface area contributed by atoms with Gasteiger partial charge in [-0.05, 0) is 32.7 Å². The van der Waals surface area contributed by atoms with Crippen LogP contribution in [0.5, 0.6) is 0 Å². The highest BCUT2D eigenvalue weighted by atomic mass is 16.5. The summed E-state index contributed by atoms with van der Waals surface area (Å²) in [5.74, 6) is 0.0878. The molecule has 2 N–H and O–H groups in total. The van der Waals surface area contributed by atoms with Crippen molar-refractivity contribution in [3.05, 3.63) is 0 Å². The molecule has 0 fully saturated rings. The Hall–Kier alpha value is -0.650. The maximum absolute atomic E-state index is 11.6. The van der Waals surface area contributed by atoms with Crippen LogP contribution in [0.3, 0.4) is 0 Å². The fraction of sp³-hybridized carbons (Fsp3) is 0.929. The Bertz CT molecular complexity index is 213. The van der Waals surface area contributed by atoms with Crippen LogP contribution in [0, 0.1) is 0 Å². The summed E-state index contributed by atoms with van der Waals surface area (Å²) in [6.07, 6.45) is 4.16. The Kier molecular flexibility index (Phi) is 13.3. The Morgan fingerprint density at radius 2 is 1.89 bits per heavy atom. The molecule has 0 bridgehead atoms. The van der Waals surface area contributed by atoms with E-state index < -0.39 is 0 Å². The lowest BCUT2D eigenvalue weighted by atomic mass is 10.2. The van der Waals surface area contributed by atoms with Crippen LogP contribution in [-0.2, 0) is 14.3 Å². The summed E-state index contributed by atoms with van der Waals surface area (Å²) in [5, 5.41) is 6.14. The van der Waals surface area contributed by atoms with Gasteiger partial charge in [0, 0.05) is 20.3 Å². The summed E-state index contributed by atoms with van der Waals surface area (Å²) in [6.45, 7) is 7.68. The van der Waals surface area contributed by atoms with Crippen molar-refractivity contribution in [1.82, 2.24) is 10.6 Å². The lowest BCUT2D eigenvalue weighted by Gasteiger charge is -2.13. The quantitative estimate of drug-likeness (QED) is 0.497. The summed E-state index contributed by atoms with van der Waals surface area (Å²) in [7, 11) is 1.67. The number of amides is 1. The molecule has 0 aromatic carbocycles. The first-order valence-corrected chi connectivity index (χ1v) is 7.30. The molecule has 19 heavy (non-hydrogen) atoms. The van der Waals surface area contributed by atoms with E-state index in [9.17, 15) is 4.79 Å². The van der Waals surface area contributed by atoms with E-state index in [0.29, 0.717) is 13.2 Å². The highest BCUT2D eigenvalue weighted by Gasteiger charge is 2.10. The third kappa shape index (κ3) is 12.1. The Morgan fingerprint density at radius 1 is 1.11 bits per heavy atom. The van der Waals surface area contributed by atoms with Gasteiger partial charge in [0.25, 0.3) is 0 Å². The maximum Gasteiger partial charge on any atom is 0.236 e. The van der Waals surface area contributed by atoms with Crippen molar-refractivity contribution in [2.45, 2.75) is 45.6 Å². The van der Waals surface area contributed by atoms with E-state index in [2.05, 4.69) is 17.6 Å². The van der Waals surface area contributed by atoms with Crippen molar-refractivity contribution in [2.75, 3.05) is 40.0 Å². The molecule has 0 heterocycles. The van der Waals surface area contributed by atoms with Crippen LogP contribution in [0.4, 0.5) is 0 Å². The lowest BCUT2D eigenvalue weighted by molar-refractivity contribution is -0.122. The zero-order valence-corrected chi connectivity index (χ0v) is 12.7. The van der Waals surface area contributed by atoms with Gasteiger partial charge in [0.2, 0.25) is 5.91 Å². The van der Waals surface area contributed by atoms with Gasteiger partial charge < -0.3 is 20.1 Å². The molecule has 0 radical (unpaired) electrons. The predicted octanol–water partition coefficient (Wildman–Crippen LogP) is 1.32. The molecular formula is C14H30N2O3. The number of carbonyl (C=O) groups excluding carboxylic acids is 1. The molecule has 0 aliphatic heterocycles. The molecule has 0 aromatic heterocycles.